The molecule has 0 spiro atoms. The van der Waals surface area contributed by atoms with E-state index in [0.29, 0.717) is 12.8 Å². The first-order valence-corrected chi connectivity index (χ1v) is 6.74. The Balaban J connectivity index is 2.49. The highest BCUT2D eigenvalue weighted by Gasteiger charge is 2.25. The number of rotatable bonds is 5. The molecule has 5 heteroatoms. The lowest BCUT2D eigenvalue weighted by Crippen LogP contribution is -2.43. The molecule has 0 bridgehead atoms. The van der Waals surface area contributed by atoms with Crippen LogP contribution in [-0.2, 0) is 9.59 Å². The van der Waals surface area contributed by atoms with E-state index in [1.54, 1.807) is 0 Å². The molecule has 1 N–H and O–H groups in total. The van der Waals surface area contributed by atoms with E-state index in [1.807, 2.05) is 4.90 Å². The van der Waals surface area contributed by atoms with Gasteiger partial charge in [0.25, 0.3) is 0 Å². The molecule has 0 aromatic carbocycles. The first kappa shape index (κ1) is 15.0. The van der Waals surface area contributed by atoms with Crippen molar-refractivity contribution in [3.05, 3.63) is 0 Å². The van der Waals surface area contributed by atoms with Crippen LogP contribution in [0.2, 0.25) is 0 Å². The highest BCUT2D eigenvalue weighted by Crippen LogP contribution is 2.14. The summed E-state index contributed by atoms with van der Waals surface area (Å²) in [6.07, 6.45) is 2.83. The number of carboxylic acid groups (broad SMARTS) is 1. The molecule has 1 aliphatic heterocycles. The first-order valence-electron chi connectivity index (χ1n) is 6.74. The molecule has 1 aliphatic rings. The van der Waals surface area contributed by atoms with Gasteiger partial charge in [0.2, 0.25) is 5.91 Å². The average Bonchev–Trinajstić information content (AvgIpc) is 2.49. The Morgan fingerprint density at radius 2 is 2.00 bits per heavy atom. The molecule has 18 heavy (non-hydrogen) atoms. The van der Waals surface area contributed by atoms with Crippen LogP contribution in [0.15, 0.2) is 0 Å². The molecule has 1 heterocycles. The van der Waals surface area contributed by atoms with Crippen molar-refractivity contribution in [2.45, 2.75) is 45.1 Å². The minimum absolute atomic E-state index is 0.0796. The summed E-state index contributed by atoms with van der Waals surface area (Å²) in [6, 6.07) is 0.273. The summed E-state index contributed by atoms with van der Waals surface area (Å²) in [5, 5.41) is 8.58. The maximum absolute atomic E-state index is 12.1. The van der Waals surface area contributed by atoms with E-state index < -0.39 is 5.97 Å². The van der Waals surface area contributed by atoms with Gasteiger partial charge in [0.1, 0.15) is 0 Å². The van der Waals surface area contributed by atoms with Crippen LogP contribution in [-0.4, -0.2) is 59.5 Å². The van der Waals surface area contributed by atoms with E-state index in [9.17, 15) is 9.59 Å². The molecular weight excluding hydrogens is 232 g/mol. The minimum atomic E-state index is -0.828. The number of hydrogen-bond donors (Lipinski definition) is 1. The predicted molar refractivity (Wildman–Crippen MR) is 69.4 cm³/mol. The lowest BCUT2D eigenvalue weighted by molar-refractivity contribution is -0.137. The van der Waals surface area contributed by atoms with Crippen LogP contribution in [0.25, 0.3) is 0 Å². The quantitative estimate of drug-likeness (QED) is 0.802. The van der Waals surface area contributed by atoms with Crippen molar-refractivity contribution in [3.8, 4) is 0 Å². The molecule has 0 aromatic rings. The number of carbonyl (C=O) groups excluding carboxylic acids is 1. The SMILES string of the molecule is CCC1CN(C)CCCN1C(=O)CCCC(=O)O. The molecular formula is C13H24N2O3. The number of nitrogens with zero attached hydrogens (tertiary/aromatic N) is 2. The van der Waals surface area contributed by atoms with Gasteiger partial charge in [-0.25, -0.2) is 0 Å². The maximum atomic E-state index is 12.1. The van der Waals surface area contributed by atoms with Crippen molar-refractivity contribution >= 4 is 11.9 Å². The number of amides is 1. The molecule has 1 unspecified atom stereocenters. The molecule has 0 aromatic heterocycles. The summed E-state index contributed by atoms with van der Waals surface area (Å²) in [4.78, 5) is 26.8. The second-order valence-electron chi connectivity index (χ2n) is 5.01. The van der Waals surface area contributed by atoms with E-state index in [0.717, 1.165) is 32.5 Å². The molecule has 0 radical (unpaired) electrons. The van der Waals surface area contributed by atoms with Crippen molar-refractivity contribution in [2.75, 3.05) is 26.7 Å². The molecule has 104 valence electrons. The van der Waals surface area contributed by atoms with E-state index in [2.05, 4.69) is 18.9 Å². The van der Waals surface area contributed by atoms with Crippen molar-refractivity contribution in [1.82, 2.24) is 9.80 Å². The van der Waals surface area contributed by atoms with E-state index in [1.165, 1.54) is 0 Å². The van der Waals surface area contributed by atoms with E-state index in [4.69, 9.17) is 5.11 Å². The minimum Gasteiger partial charge on any atom is -0.481 e. The Bertz CT molecular complexity index is 294. The lowest BCUT2D eigenvalue weighted by Gasteiger charge is -2.30. The third-order valence-electron chi connectivity index (χ3n) is 3.47. The second-order valence-corrected chi connectivity index (χ2v) is 5.01. The zero-order chi connectivity index (χ0) is 13.5. The Kier molecular flexibility index (Phi) is 6.12. The second kappa shape index (κ2) is 7.36. The molecule has 1 fully saturated rings. The fourth-order valence-electron chi connectivity index (χ4n) is 2.46. The molecule has 1 saturated heterocycles. The van der Waals surface area contributed by atoms with E-state index in [-0.39, 0.29) is 18.4 Å². The van der Waals surface area contributed by atoms with Gasteiger partial charge in [-0.3, -0.25) is 9.59 Å². The fraction of sp³-hybridized carbons (Fsp3) is 0.846. The van der Waals surface area contributed by atoms with Crippen molar-refractivity contribution in [3.63, 3.8) is 0 Å². The zero-order valence-electron chi connectivity index (χ0n) is 11.4. The maximum Gasteiger partial charge on any atom is 0.303 e. The summed E-state index contributed by atoms with van der Waals surface area (Å²) in [7, 11) is 2.08. The molecule has 0 aliphatic carbocycles. The Hall–Kier alpha value is -1.10. The Morgan fingerprint density at radius 3 is 2.61 bits per heavy atom. The largest absolute Gasteiger partial charge is 0.481 e. The van der Waals surface area contributed by atoms with Gasteiger partial charge in [0.15, 0.2) is 0 Å². The van der Waals surface area contributed by atoms with Gasteiger partial charge >= 0.3 is 5.97 Å². The van der Waals surface area contributed by atoms with Gasteiger partial charge in [-0.05, 0) is 32.9 Å². The average molecular weight is 256 g/mol. The number of carbonyl (C=O) groups is 2. The van der Waals surface area contributed by atoms with Gasteiger partial charge in [-0.1, -0.05) is 6.92 Å². The van der Waals surface area contributed by atoms with Gasteiger partial charge in [0.05, 0.1) is 0 Å². The summed E-state index contributed by atoms with van der Waals surface area (Å²) < 4.78 is 0. The Morgan fingerprint density at radius 1 is 1.28 bits per heavy atom. The van der Waals surface area contributed by atoms with Gasteiger partial charge in [-0.2, -0.15) is 0 Å². The normalized spacial score (nSPS) is 21.7. The third-order valence-corrected chi connectivity index (χ3v) is 3.47. The third kappa shape index (κ3) is 4.64. The lowest BCUT2D eigenvalue weighted by atomic mass is 10.1. The highest BCUT2D eigenvalue weighted by atomic mass is 16.4. The molecule has 5 nitrogen and oxygen atoms in total. The zero-order valence-corrected chi connectivity index (χ0v) is 11.4. The number of aliphatic carboxylic acids is 1. The smallest absolute Gasteiger partial charge is 0.303 e. The number of hydrogen-bond acceptors (Lipinski definition) is 3. The first-order chi connectivity index (χ1) is 8.54. The summed E-state index contributed by atoms with van der Waals surface area (Å²) in [5.41, 5.74) is 0. The van der Waals surface area contributed by atoms with Crippen LogP contribution < -0.4 is 0 Å². The molecule has 1 amide bonds. The van der Waals surface area contributed by atoms with Crippen molar-refractivity contribution in [1.29, 1.82) is 0 Å². The highest BCUT2D eigenvalue weighted by molar-refractivity contribution is 5.77. The van der Waals surface area contributed by atoms with Crippen LogP contribution >= 0.6 is 0 Å². The van der Waals surface area contributed by atoms with Crippen LogP contribution in [0.1, 0.15) is 39.0 Å². The van der Waals surface area contributed by atoms with Gasteiger partial charge in [-0.15, -0.1) is 0 Å². The molecule has 1 atom stereocenters. The van der Waals surface area contributed by atoms with E-state index >= 15 is 0 Å². The molecule has 0 saturated carbocycles. The summed E-state index contributed by atoms with van der Waals surface area (Å²) in [5.74, 6) is -0.719. The Labute approximate surface area is 109 Å². The van der Waals surface area contributed by atoms with Gasteiger partial charge < -0.3 is 14.9 Å². The number of likely N-dealkylation sites (N-methyl/N-ethyl adjacent to an activating group) is 1. The van der Waals surface area contributed by atoms with Crippen LogP contribution in [0.5, 0.6) is 0 Å². The standard InChI is InChI=1S/C13H24N2O3/c1-3-11-10-14(2)8-5-9-15(11)12(16)6-4-7-13(17)18/h11H,3-10H2,1-2H3,(H,17,18). The van der Waals surface area contributed by atoms with Crippen LogP contribution in [0, 0.1) is 0 Å². The van der Waals surface area contributed by atoms with Crippen LogP contribution in [0.4, 0.5) is 0 Å². The van der Waals surface area contributed by atoms with Gasteiger partial charge in [0, 0.05) is 32.0 Å². The summed E-state index contributed by atoms with van der Waals surface area (Å²) >= 11 is 0. The topological polar surface area (TPSA) is 60.9 Å². The summed E-state index contributed by atoms with van der Waals surface area (Å²) in [6.45, 7) is 4.84. The number of carboxylic acids is 1. The van der Waals surface area contributed by atoms with Crippen molar-refractivity contribution < 1.29 is 14.7 Å². The van der Waals surface area contributed by atoms with Crippen molar-refractivity contribution in [2.24, 2.45) is 0 Å². The monoisotopic (exact) mass is 256 g/mol. The predicted octanol–water partition coefficient (Wildman–Crippen LogP) is 1.18. The molecule has 1 rings (SSSR count). The fourth-order valence-corrected chi connectivity index (χ4v) is 2.46. The van der Waals surface area contributed by atoms with Crippen LogP contribution in [0.3, 0.4) is 0 Å².